The zero-order valence-electron chi connectivity index (χ0n) is 13.1. The summed E-state index contributed by atoms with van der Waals surface area (Å²) in [6.07, 6.45) is 0. The van der Waals surface area contributed by atoms with Crippen molar-refractivity contribution in [3.63, 3.8) is 0 Å². The quantitative estimate of drug-likeness (QED) is 0.764. The number of nitrogens with zero attached hydrogens (tertiary/aromatic N) is 4. The number of carbonyl (C=O) groups is 1. The van der Waals surface area contributed by atoms with E-state index in [1.54, 1.807) is 0 Å². The van der Waals surface area contributed by atoms with Crippen LogP contribution in [0.1, 0.15) is 20.8 Å². The Kier molecular flexibility index (Phi) is 3.09. The largest absolute Gasteiger partial charge is 0.352 e. The maximum atomic E-state index is 12.5. The number of carbonyl (C=O) groups excluding carboxylic acids is 1. The summed E-state index contributed by atoms with van der Waals surface area (Å²) in [5.41, 5.74) is 1.06. The number of nitrogens with one attached hydrogen (secondary N) is 1. The monoisotopic (exact) mass is 301 g/mol. The number of fused-ring (bicyclic) bond motifs is 3. The third kappa shape index (κ3) is 2.28. The molecule has 22 heavy (non-hydrogen) atoms. The molecule has 0 saturated carbocycles. The molecule has 0 atom stereocenters. The summed E-state index contributed by atoms with van der Waals surface area (Å²) in [5, 5.41) is 7.12. The van der Waals surface area contributed by atoms with Gasteiger partial charge in [-0.3, -0.25) is 4.79 Å². The van der Waals surface area contributed by atoms with Crippen LogP contribution in [0.25, 0.3) is 16.8 Å². The molecule has 7 nitrogen and oxygen atoms in total. The molecule has 7 heteroatoms. The Morgan fingerprint density at radius 2 is 1.86 bits per heavy atom. The predicted octanol–water partition coefficient (Wildman–Crippen LogP) is 0.902. The summed E-state index contributed by atoms with van der Waals surface area (Å²) >= 11 is 0. The van der Waals surface area contributed by atoms with Gasteiger partial charge >= 0.3 is 5.69 Å². The summed E-state index contributed by atoms with van der Waals surface area (Å²) in [6.45, 7) is 5.59. The first-order valence-corrected chi connectivity index (χ1v) is 7.12. The number of imidazole rings is 1. The second-order valence-electron chi connectivity index (χ2n) is 6.42. The predicted molar refractivity (Wildman–Crippen MR) is 83.8 cm³/mol. The summed E-state index contributed by atoms with van der Waals surface area (Å²) in [7, 11) is 1.85. The maximum Gasteiger partial charge on any atom is 0.352 e. The number of hydrogen-bond donors (Lipinski definition) is 1. The molecule has 0 spiro atoms. The zero-order chi connectivity index (χ0) is 16.1. The Hall–Kier alpha value is -2.57. The molecule has 2 aromatic heterocycles. The smallest absolute Gasteiger partial charge is 0.350 e. The van der Waals surface area contributed by atoms with Gasteiger partial charge < -0.3 is 9.88 Å². The van der Waals surface area contributed by atoms with E-state index in [0.717, 1.165) is 11.0 Å². The van der Waals surface area contributed by atoms with E-state index in [-0.39, 0.29) is 23.7 Å². The third-order valence-electron chi connectivity index (χ3n) is 3.41. The fraction of sp³-hybridized carbons (Fsp3) is 0.400. The lowest BCUT2D eigenvalue weighted by molar-refractivity contribution is -0.123. The molecule has 0 bridgehead atoms. The van der Waals surface area contributed by atoms with Gasteiger partial charge in [0.15, 0.2) is 0 Å². The number of amides is 1. The van der Waals surface area contributed by atoms with Crippen molar-refractivity contribution in [1.82, 2.24) is 24.1 Å². The number of benzene rings is 1. The lowest BCUT2D eigenvalue weighted by atomic mass is 10.1. The molecular formula is C15H19N5O2. The minimum atomic E-state index is -0.341. The van der Waals surface area contributed by atoms with Gasteiger partial charge in [-0.25, -0.2) is 13.9 Å². The first-order chi connectivity index (χ1) is 10.3. The van der Waals surface area contributed by atoms with Crippen molar-refractivity contribution in [2.75, 3.05) is 0 Å². The second-order valence-corrected chi connectivity index (χ2v) is 6.42. The first kappa shape index (κ1) is 14.4. The molecule has 0 radical (unpaired) electrons. The Morgan fingerprint density at radius 1 is 1.23 bits per heavy atom. The van der Waals surface area contributed by atoms with Crippen LogP contribution in [0.15, 0.2) is 29.1 Å². The first-order valence-electron chi connectivity index (χ1n) is 7.12. The van der Waals surface area contributed by atoms with Gasteiger partial charge in [-0.15, -0.1) is 5.10 Å². The van der Waals surface area contributed by atoms with E-state index in [0.29, 0.717) is 5.78 Å². The molecule has 1 aromatic carbocycles. The van der Waals surface area contributed by atoms with Gasteiger partial charge in [-0.05, 0) is 32.9 Å². The van der Waals surface area contributed by atoms with Crippen molar-refractivity contribution in [3.05, 3.63) is 34.7 Å². The van der Waals surface area contributed by atoms with Gasteiger partial charge in [0, 0.05) is 12.6 Å². The molecule has 0 unspecified atom stereocenters. The minimum Gasteiger partial charge on any atom is -0.350 e. The van der Waals surface area contributed by atoms with E-state index in [9.17, 15) is 9.59 Å². The van der Waals surface area contributed by atoms with Crippen molar-refractivity contribution >= 4 is 22.7 Å². The molecule has 1 amide bonds. The molecule has 0 aliphatic heterocycles. The molecule has 0 aliphatic carbocycles. The van der Waals surface area contributed by atoms with Crippen LogP contribution in [0.3, 0.4) is 0 Å². The molecule has 0 aliphatic rings. The third-order valence-corrected chi connectivity index (χ3v) is 3.41. The number of para-hydroxylation sites is 2. The summed E-state index contributed by atoms with van der Waals surface area (Å²) in [6, 6.07) is 7.58. The van der Waals surface area contributed by atoms with Gasteiger partial charge in [0.05, 0.1) is 11.0 Å². The highest BCUT2D eigenvalue weighted by molar-refractivity contribution is 5.80. The van der Waals surface area contributed by atoms with Crippen LogP contribution in [0, 0.1) is 0 Å². The lowest BCUT2D eigenvalue weighted by Gasteiger charge is -2.20. The molecule has 3 aromatic rings. The van der Waals surface area contributed by atoms with Crippen molar-refractivity contribution in [1.29, 1.82) is 0 Å². The fourth-order valence-corrected chi connectivity index (χ4v) is 2.57. The van der Waals surface area contributed by atoms with Gasteiger partial charge in [0.2, 0.25) is 11.7 Å². The van der Waals surface area contributed by atoms with Gasteiger partial charge in [-0.2, -0.15) is 0 Å². The van der Waals surface area contributed by atoms with Crippen molar-refractivity contribution in [2.45, 2.75) is 32.9 Å². The topological polar surface area (TPSA) is 73.3 Å². The van der Waals surface area contributed by atoms with Crippen LogP contribution in [-0.2, 0) is 18.4 Å². The van der Waals surface area contributed by atoms with E-state index in [1.165, 1.54) is 9.08 Å². The van der Waals surface area contributed by atoms with Crippen LogP contribution >= 0.6 is 0 Å². The van der Waals surface area contributed by atoms with E-state index >= 15 is 0 Å². The highest BCUT2D eigenvalue weighted by Gasteiger charge is 2.19. The Bertz CT molecular complexity index is 923. The van der Waals surface area contributed by atoms with E-state index in [4.69, 9.17) is 0 Å². The summed E-state index contributed by atoms with van der Waals surface area (Å²) in [5.74, 6) is 0.289. The molecule has 0 fully saturated rings. The normalized spacial score (nSPS) is 12.2. The van der Waals surface area contributed by atoms with Crippen molar-refractivity contribution in [2.24, 2.45) is 7.05 Å². The second kappa shape index (κ2) is 4.72. The van der Waals surface area contributed by atoms with Gasteiger partial charge in [0.1, 0.15) is 6.54 Å². The van der Waals surface area contributed by atoms with Gasteiger partial charge in [-0.1, -0.05) is 12.1 Å². The molecule has 1 N–H and O–H groups in total. The average molecular weight is 301 g/mol. The lowest BCUT2D eigenvalue weighted by Crippen LogP contribution is -2.43. The van der Waals surface area contributed by atoms with Crippen molar-refractivity contribution < 1.29 is 4.79 Å². The zero-order valence-corrected chi connectivity index (χ0v) is 13.1. The highest BCUT2D eigenvalue weighted by atomic mass is 16.2. The van der Waals surface area contributed by atoms with Gasteiger partial charge in [0.25, 0.3) is 0 Å². The molecule has 0 saturated heterocycles. The minimum absolute atomic E-state index is 0.0912. The SMILES string of the molecule is Cn1c2ccccc2n2c(=O)n(CC(=O)NC(C)(C)C)nc12. The highest BCUT2D eigenvalue weighted by Crippen LogP contribution is 2.16. The Labute approximate surface area is 127 Å². The summed E-state index contributed by atoms with van der Waals surface area (Å²) < 4.78 is 4.57. The molecular weight excluding hydrogens is 282 g/mol. The van der Waals surface area contributed by atoms with Crippen molar-refractivity contribution in [3.8, 4) is 0 Å². The molecule has 2 heterocycles. The Morgan fingerprint density at radius 3 is 2.50 bits per heavy atom. The standard InChI is InChI=1S/C15H19N5O2/c1-15(2,3)16-12(21)9-19-14(22)20-11-8-6-5-7-10(11)18(4)13(20)17-19/h5-8H,9H2,1-4H3,(H,16,21). The average Bonchev–Trinajstić information content (AvgIpc) is 2.86. The van der Waals surface area contributed by atoms with E-state index in [2.05, 4.69) is 10.4 Å². The number of hydrogen-bond acceptors (Lipinski definition) is 3. The molecule has 116 valence electrons. The van der Waals surface area contributed by atoms with Crippen LogP contribution in [0.4, 0.5) is 0 Å². The van der Waals surface area contributed by atoms with Crippen LogP contribution in [0.5, 0.6) is 0 Å². The Balaban J connectivity index is 2.06. The van der Waals surface area contributed by atoms with E-state index < -0.39 is 0 Å². The number of aromatic nitrogens is 4. The van der Waals surface area contributed by atoms with E-state index in [1.807, 2.05) is 56.7 Å². The number of aryl methyl sites for hydroxylation is 1. The number of rotatable bonds is 2. The van der Waals surface area contributed by atoms with Crippen LogP contribution < -0.4 is 11.0 Å². The fourth-order valence-electron chi connectivity index (χ4n) is 2.57. The summed E-state index contributed by atoms with van der Waals surface area (Å²) in [4.78, 5) is 24.5. The van der Waals surface area contributed by atoms with Crippen LogP contribution in [0.2, 0.25) is 0 Å². The molecule has 3 rings (SSSR count). The van der Waals surface area contributed by atoms with Crippen LogP contribution in [-0.4, -0.2) is 30.2 Å². The maximum absolute atomic E-state index is 12.5.